The van der Waals surface area contributed by atoms with Crippen molar-refractivity contribution in [1.29, 1.82) is 0 Å². The zero-order chi connectivity index (χ0) is 14.8. The first-order chi connectivity index (χ1) is 10.1. The number of aryl methyl sites for hydroxylation is 1. The summed E-state index contributed by atoms with van der Waals surface area (Å²) in [5, 5.41) is 3.73. The Hall–Kier alpha value is -1.48. The second kappa shape index (κ2) is 6.10. The van der Waals surface area contributed by atoms with Gasteiger partial charge in [0.2, 0.25) is 0 Å². The van der Waals surface area contributed by atoms with Crippen molar-refractivity contribution in [3.8, 4) is 0 Å². The predicted octanol–water partition coefficient (Wildman–Crippen LogP) is 4.48. The van der Waals surface area contributed by atoms with Crippen LogP contribution in [0.5, 0.6) is 0 Å². The lowest BCUT2D eigenvalue weighted by molar-refractivity contribution is 0.610. The molecule has 1 atom stereocenters. The second-order valence-corrected chi connectivity index (χ2v) is 6.82. The topological polar surface area (TPSA) is 15.3 Å². The number of hydrogen-bond donors (Lipinski definition) is 1. The molecule has 0 spiro atoms. The molecule has 0 aromatic heterocycles. The number of hydrogen-bond acceptors (Lipinski definition) is 2. The minimum atomic E-state index is 0.514. The zero-order valence-corrected chi connectivity index (χ0v) is 14.2. The minimum absolute atomic E-state index is 0.514. The molecule has 0 saturated heterocycles. The van der Waals surface area contributed by atoms with Crippen LogP contribution < -0.4 is 10.2 Å². The average molecular weight is 345 g/mol. The molecular weight excluding hydrogens is 324 g/mol. The molecule has 0 radical (unpaired) electrons. The van der Waals surface area contributed by atoms with Crippen molar-refractivity contribution in [3.05, 3.63) is 58.1 Å². The number of nitrogens with one attached hydrogen (secondary N) is 1. The van der Waals surface area contributed by atoms with Gasteiger partial charge in [-0.2, -0.15) is 0 Å². The van der Waals surface area contributed by atoms with Crippen molar-refractivity contribution in [2.75, 3.05) is 24.3 Å². The molecule has 1 unspecified atom stereocenters. The summed E-state index contributed by atoms with van der Waals surface area (Å²) in [5.41, 5.74) is 5.44. The van der Waals surface area contributed by atoms with Crippen LogP contribution in [-0.2, 0) is 12.8 Å². The monoisotopic (exact) mass is 344 g/mol. The molecule has 0 heterocycles. The van der Waals surface area contributed by atoms with Gasteiger partial charge in [-0.15, -0.1) is 0 Å². The molecule has 0 fully saturated rings. The number of rotatable bonds is 3. The van der Waals surface area contributed by atoms with Crippen LogP contribution >= 0.6 is 15.9 Å². The molecule has 0 saturated carbocycles. The molecule has 3 heteroatoms. The van der Waals surface area contributed by atoms with Crippen LogP contribution in [0, 0.1) is 0 Å². The van der Waals surface area contributed by atoms with Crippen LogP contribution in [-0.4, -0.2) is 20.1 Å². The third-order valence-corrected chi connectivity index (χ3v) is 4.64. The second-order valence-electron chi connectivity index (χ2n) is 5.91. The highest BCUT2D eigenvalue weighted by Gasteiger charge is 2.19. The first-order valence-electron chi connectivity index (χ1n) is 7.43. The molecule has 1 N–H and O–H groups in total. The van der Waals surface area contributed by atoms with Crippen molar-refractivity contribution >= 4 is 27.3 Å². The third kappa shape index (κ3) is 3.24. The van der Waals surface area contributed by atoms with Gasteiger partial charge in [-0.3, -0.25) is 0 Å². The van der Waals surface area contributed by atoms with E-state index in [9.17, 15) is 0 Å². The first-order valence-corrected chi connectivity index (χ1v) is 8.23. The Balaban J connectivity index is 1.77. The molecule has 110 valence electrons. The lowest BCUT2D eigenvalue weighted by Crippen LogP contribution is -2.28. The molecule has 1 aliphatic rings. The largest absolute Gasteiger partial charge is 0.380 e. The van der Waals surface area contributed by atoms with E-state index in [4.69, 9.17) is 0 Å². The maximum absolute atomic E-state index is 3.73. The number of anilines is 2. The zero-order valence-electron chi connectivity index (χ0n) is 12.6. The van der Waals surface area contributed by atoms with Gasteiger partial charge in [0, 0.05) is 24.6 Å². The summed E-state index contributed by atoms with van der Waals surface area (Å²) < 4.78 is 1.19. The van der Waals surface area contributed by atoms with Crippen LogP contribution in [0.15, 0.2) is 46.9 Å². The van der Waals surface area contributed by atoms with E-state index in [-0.39, 0.29) is 0 Å². The van der Waals surface area contributed by atoms with Gasteiger partial charge >= 0.3 is 0 Å². The Morgan fingerprint density at radius 3 is 2.71 bits per heavy atom. The summed E-state index contributed by atoms with van der Waals surface area (Å²) in [5.74, 6) is 0. The first kappa shape index (κ1) is 14.5. The van der Waals surface area contributed by atoms with Crippen molar-refractivity contribution in [2.45, 2.75) is 25.3 Å². The van der Waals surface area contributed by atoms with Crippen LogP contribution in [0.3, 0.4) is 0 Å². The highest BCUT2D eigenvalue weighted by molar-refractivity contribution is 9.10. The molecular formula is C18H21BrN2. The molecule has 0 bridgehead atoms. The van der Waals surface area contributed by atoms with Crippen LogP contribution in [0.1, 0.15) is 17.5 Å². The molecule has 0 amide bonds. The summed E-state index contributed by atoms with van der Waals surface area (Å²) in [7, 11) is 4.18. The van der Waals surface area contributed by atoms with E-state index < -0.39 is 0 Å². The van der Waals surface area contributed by atoms with E-state index >= 15 is 0 Å². The van der Waals surface area contributed by atoms with E-state index in [0.717, 1.165) is 12.8 Å². The SMILES string of the molecule is CN(C)c1ccccc1NC1CCc2cc(Br)ccc2C1. The smallest absolute Gasteiger partial charge is 0.0596 e. The quantitative estimate of drug-likeness (QED) is 0.882. The minimum Gasteiger partial charge on any atom is -0.380 e. The average Bonchev–Trinajstić information content (AvgIpc) is 2.48. The number of fused-ring (bicyclic) bond motifs is 1. The Bertz CT molecular complexity index is 637. The highest BCUT2D eigenvalue weighted by Crippen LogP contribution is 2.29. The van der Waals surface area contributed by atoms with Gasteiger partial charge in [0.15, 0.2) is 0 Å². The van der Waals surface area contributed by atoms with E-state index in [1.807, 2.05) is 0 Å². The van der Waals surface area contributed by atoms with E-state index in [1.165, 1.54) is 33.4 Å². The fourth-order valence-corrected chi connectivity index (χ4v) is 3.46. The van der Waals surface area contributed by atoms with Crippen LogP contribution in [0.4, 0.5) is 11.4 Å². The van der Waals surface area contributed by atoms with Crippen molar-refractivity contribution in [1.82, 2.24) is 0 Å². The Morgan fingerprint density at radius 2 is 1.90 bits per heavy atom. The van der Waals surface area contributed by atoms with Gasteiger partial charge in [0.1, 0.15) is 0 Å². The standard InChI is InChI=1S/C18H21BrN2/c1-21(2)18-6-4-3-5-17(18)20-16-10-8-13-11-15(19)9-7-14(13)12-16/h3-7,9,11,16,20H,8,10,12H2,1-2H3. The fraction of sp³-hybridized carbons (Fsp3) is 0.333. The van der Waals surface area contributed by atoms with Crippen molar-refractivity contribution in [2.24, 2.45) is 0 Å². The number of benzene rings is 2. The third-order valence-electron chi connectivity index (χ3n) is 4.14. The van der Waals surface area contributed by atoms with Gasteiger partial charge in [0.05, 0.1) is 11.4 Å². The number of nitrogens with zero attached hydrogens (tertiary/aromatic N) is 1. The summed E-state index contributed by atoms with van der Waals surface area (Å²) in [4.78, 5) is 2.16. The Labute approximate surface area is 135 Å². The fourth-order valence-electron chi connectivity index (χ4n) is 3.05. The molecule has 2 aromatic carbocycles. The molecule has 2 nitrogen and oxygen atoms in total. The highest BCUT2D eigenvalue weighted by atomic mass is 79.9. The summed E-state index contributed by atoms with van der Waals surface area (Å²) in [6.07, 6.45) is 3.44. The molecule has 0 aliphatic heterocycles. The van der Waals surface area contributed by atoms with E-state index in [2.05, 4.69) is 82.7 Å². The van der Waals surface area contributed by atoms with Crippen LogP contribution in [0.2, 0.25) is 0 Å². The number of halogens is 1. The summed E-state index contributed by atoms with van der Waals surface area (Å²) in [6, 6.07) is 15.7. The lowest BCUT2D eigenvalue weighted by atomic mass is 9.88. The molecule has 21 heavy (non-hydrogen) atoms. The van der Waals surface area contributed by atoms with Crippen LogP contribution in [0.25, 0.3) is 0 Å². The summed E-state index contributed by atoms with van der Waals surface area (Å²) in [6.45, 7) is 0. The Morgan fingerprint density at radius 1 is 1.10 bits per heavy atom. The maximum atomic E-state index is 3.73. The number of para-hydroxylation sites is 2. The molecule has 3 rings (SSSR count). The Kier molecular flexibility index (Phi) is 4.20. The van der Waals surface area contributed by atoms with Crippen molar-refractivity contribution < 1.29 is 0 Å². The molecule has 2 aromatic rings. The molecule has 1 aliphatic carbocycles. The predicted molar refractivity (Wildman–Crippen MR) is 94.3 cm³/mol. The van der Waals surface area contributed by atoms with Crippen molar-refractivity contribution in [3.63, 3.8) is 0 Å². The summed E-state index contributed by atoms with van der Waals surface area (Å²) >= 11 is 3.56. The van der Waals surface area contributed by atoms with Gasteiger partial charge in [0.25, 0.3) is 0 Å². The maximum Gasteiger partial charge on any atom is 0.0596 e. The van der Waals surface area contributed by atoms with Gasteiger partial charge < -0.3 is 10.2 Å². The van der Waals surface area contributed by atoms with Gasteiger partial charge in [-0.25, -0.2) is 0 Å². The normalized spacial score (nSPS) is 17.2. The van der Waals surface area contributed by atoms with E-state index in [0.29, 0.717) is 6.04 Å². The van der Waals surface area contributed by atoms with Gasteiger partial charge in [-0.05, 0) is 54.7 Å². The van der Waals surface area contributed by atoms with Gasteiger partial charge in [-0.1, -0.05) is 34.1 Å². The lowest BCUT2D eigenvalue weighted by Gasteiger charge is -2.28. The van der Waals surface area contributed by atoms with E-state index in [1.54, 1.807) is 0 Å².